The van der Waals surface area contributed by atoms with Gasteiger partial charge in [-0.3, -0.25) is 4.79 Å². The van der Waals surface area contributed by atoms with Crippen LogP contribution in [-0.4, -0.2) is 18.2 Å². The minimum atomic E-state index is 0.0274. The van der Waals surface area contributed by atoms with Crippen LogP contribution >= 0.6 is 11.8 Å². The number of amides is 1. The number of carbonyl (C=O) groups is 1. The number of rotatable bonds is 7. The van der Waals surface area contributed by atoms with Crippen molar-refractivity contribution in [1.29, 1.82) is 0 Å². The summed E-state index contributed by atoms with van der Waals surface area (Å²) >= 11 is 1.71. The summed E-state index contributed by atoms with van der Waals surface area (Å²) in [4.78, 5) is 13.3. The quantitative estimate of drug-likeness (QED) is 0.614. The molecular formula is C18H21NOS. The number of hydrogen-bond acceptors (Lipinski definition) is 2. The van der Waals surface area contributed by atoms with Crippen LogP contribution in [0.15, 0.2) is 59.5 Å². The molecule has 2 aromatic carbocycles. The molecule has 0 aromatic heterocycles. The zero-order valence-corrected chi connectivity index (χ0v) is 13.2. The van der Waals surface area contributed by atoms with Crippen LogP contribution < -0.4 is 5.32 Å². The molecule has 0 spiro atoms. The van der Waals surface area contributed by atoms with Gasteiger partial charge in [-0.1, -0.05) is 49.4 Å². The molecule has 0 aliphatic rings. The summed E-state index contributed by atoms with van der Waals surface area (Å²) in [6.07, 6.45) is 1.95. The van der Waals surface area contributed by atoms with E-state index in [1.807, 2.05) is 42.5 Å². The maximum absolute atomic E-state index is 12.2. The van der Waals surface area contributed by atoms with E-state index in [9.17, 15) is 4.79 Å². The lowest BCUT2D eigenvalue weighted by molar-refractivity contribution is 0.0950. The molecule has 0 aliphatic carbocycles. The summed E-state index contributed by atoms with van der Waals surface area (Å²) in [7, 11) is 0. The van der Waals surface area contributed by atoms with Gasteiger partial charge in [-0.2, -0.15) is 0 Å². The Balaban J connectivity index is 1.82. The van der Waals surface area contributed by atoms with Crippen molar-refractivity contribution in [1.82, 2.24) is 5.32 Å². The maximum atomic E-state index is 12.2. The van der Waals surface area contributed by atoms with Crippen LogP contribution in [0.5, 0.6) is 0 Å². The molecule has 0 fully saturated rings. The fourth-order valence-electron chi connectivity index (χ4n) is 2.17. The third-order valence-corrected chi connectivity index (χ3v) is 4.16. The molecule has 2 aromatic rings. The Labute approximate surface area is 131 Å². The molecular weight excluding hydrogens is 278 g/mol. The SMILES string of the molecule is CCSc1ccccc1C(=O)NCCCc1ccccc1. The first kappa shape index (κ1) is 15.6. The van der Waals surface area contributed by atoms with Crippen molar-refractivity contribution in [3.05, 3.63) is 65.7 Å². The van der Waals surface area contributed by atoms with Crippen LogP contribution in [-0.2, 0) is 6.42 Å². The van der Waals surface area contributed by atoms with E-state index in [-0.39, 0.29) is 5.91 Å². The van der Waals surface area contributed by atoms with Crippen molar-refractivity contribution >= 4 is 17.7 Å². The Morgan fingerprint density at radius 2 is 1.76 bits per heavy atom. The van der Waals surface area contributed by atoms with Crippen LogP contribution in [0, 0.1) is 0 Å². The summed E-state index contributed by atoms with van der Waals surface area (Å²) in [5.41, 5.74) is 2.10. The highest BCUT2D eigenvalue weighted by atomic mass is 32.2. The molecule has 1 N–H and O–H groups in total. The Hall–Kier alpha value is -1.74. The Morgan fingerprint density at radius 3 is 2.52 bits per heavy atom. The number of nitrogens with one attached hydrogen (secondary N) is 1. The average Bonchev–Trinajstić information content (AvgIpc) is 2.53. The smallest absolute Gasteiger partial charge is 0.252 e. The van der Waals surface area contributed by atoms with E-state index in [0.29, 0.717) is 6.54 Å². The van der Waals surface area contributed by atoms with E-state index in [1.165, 1.54) is 5.56 Å². The van der Waals surface area contributed by atoms with E-state index in [2.05, 4.69) is 24.4 Å². The topological polar surface area (TPSA) is 29.1 Å². The van der Waals surface area contributed by atoms with Gasteiger partial charge in [-0.05, 0) is 36.3 Å². The van der Waals surface area contributed by atoms with Crippen molar-refractivity contribution in [3.63, 3.8) is 0 Å². The van der Waals surface area contributed by atoms with Crippen LogP contribution in [0.25, 0.3) is 0 Å². The Bertz CT molecular complexity index is 568. The molecule has 1 amide bonds. The van der Waals surface area contributed by atoms with Gasteiger partial charge in [-0.15, -0.1) is 11.8 Å². The first-order valence-electron chi connectivity index (χ1n) is 7.35. The van der Waals surface area contributed by atoms with Crippen molar-refractivity contribution in [2.24, 2.45) is 0 Å². The number of hydrogen-bond donors (Lipinski definition) is 1. The van der Waals surface area contributed by atoms with E-state index in [1.54, 1.807) is 11.8 Å². The van der Waals surface area contributed by atoms with Crippen molar-refractivity contribution in [2.75, 3.05) is 12.3 Å². The minimum absolute atomic E-state index is 0.0274. The first-order valence-corrected chi connectivity index (χ1v) is 8.33. The van der Waals surface area contributed by atoms with E-state index >= 15 is 0 Å². The second-order valence-electron chi connectivity index (χ2n) is 4.77. The number of carbonyl (C=O) groups excluding carboxylic acids is 1. The summed E-state index contributed by atoms with van der Waals surface area (Å²) in [6, 6.07) is 18.1. The normalized spacial score (nSPS) is 10.3. The average molecular weight is 299 g/mol. The molecule has 0 aliphatic heterocycles. The van der Waals surface area contributed by atoms with Gasteiger partial charge in [0, 0.05) is 11.4 Å². The van der Waals surface area contributed by atoms with Crippen molar-refractivity contribution < 1.29 is 4.79 Å². The summed E-state index contributed by atoms with van der Waals surface area (Å²) in [5, 5.41) is 3.02. The zero-order valence-electron chi connectivity index (χ0n) is 12.3. The highest BCUT2D eigenvalue weighted by molar-refractivity contribution is 7.99. The molecule has 0 heterocycles. The third kappa shape index (κ3) is 4.94. The lowest BCUT2D eigenvalue weighted by atomic mass is 10.1. The predicted molar refractivity (Wildman–Crippen MR) is 89.9 cm³/mol. The third-order valence-electron chi connectivity index (χ3n) is 3.20. The zero-order chi connectivity index (χ0) is 14.9. The number of benzene rings is 2. The largest absolute Gasteiger partial charge is 0.352 e. The summed E-state index contributed by atoms with van der Waals surface area (Å²) in [5.74, 6) is 0.998. The molecule has 0 atom stereocenters. The Morgan fingerprint density at radius 1 is 1.05 bits per heavy atom. The van der Waals surface area contributed by atoms with Crippen molar-refractivity contribution in [3.8, 4) is 0 Å². The number of thioether (sulfide) groups is 1. The second-order valence-corrected chi connectivity index (χ2v) is 6.08. The molecule has 0 saturated heterocycles. The Kier molecular flexibility index (Phi) is 6.35. The van der Waals surface area contributed by atoms with Gasteiger partial charge in [0.1, 0.15) is 0 Å². The molecule has 3 heteroatoms. The summed E-state index contributed by atoms with van der Waals surface area (Å²) in [6.45, 7) is 2.80. The first-order chi connectivity index (χ1) is 10.3. The molecule has 2 nitrogen and oxygen atoms in total. The van der Waals surface area contributed by atoms with Gasteiger partial charge >= 0.3 is 0 Å². The predicted octanol–water partition coefficient (Wildman–Crippen LogP) is 4.16. The monoisotopic (exact) mass is 299 g/mol. The fourth-order valence-corrected chi connectivity index (χ4v) is 2.97. The highest BCUT2D eigenvalue weighted by Crippen LogP contribution is 2.22. The van der Waals surface area contributed by atoms with Crippen molar-refractivity contribution in [2.45, 2.75) is 24.7 Å². The van der Waals surface area contributed by atoms with Gasteiger partial charge < -0.3 is 5.32 Å². The van der Waals surface area contributed by atoms with Gasteiger partial charge in [0.2, 0.25) is 0 Å². The molecule has 2 rings (SSSR count). The molecule has 21 heavy (non-hydrogen) atoms. The summed E-state index contributed by atoms with van der Waals surface area (Å²) < 4.78 is 0. The number of aryl methyl sites for hydroxylation is 1. The molecule has 0 unspecified atom stereocenters. The lowest BCUT2D eigenvalue weighted by Crippen LogP contribution is -2.25. The van der Waals surface area contributed by atoms with Gasteiger partial charge in [0.15, 0.2) is 0 Å². The minimum Gasteiger partial charge on any atom is -0.352 e. The fraction of sp³-hybridized carbons (Fsp3) is 0.278. The van der Waals surface area contributed by atoms with Gasteiger partial charge in [0.05, 0.1) is 5.56 Å². The van der Waals surface area contributed by atoms with Gasteiger partial charge in [-0.25, -0.2) is 0 Å². The molecule has 110 valence electrons. The van der Waals surface area contributed by atoms with Crippen LogP contribution in [0.4, 0.5) is 0 Å². The second kappa shape index (κ2) is 8.53. The molecule has 0 saturated carbocycles. The van der Waals surface area contributed by atoms with E-state index < -0.39 is 0 Å². The molecule has 0 radical (unpaired) electrons. The van der Waals surface area contributed by atoms with E-state index in [4.69, 9.17) is 0 Å². The van der Waals surface area contributed by atoms with Crippen LogP contribution in [0.3, 0.4) is 0 Å². The van der Waals surface area contributed by atoms with Crippen LogP contribution in [0.2, 0.25) is 0 Å². The highest BCUT2D eigenvalue weighted by Gasteiger charge is 2.09. The standard InChI is InChI=1S/C18H21NOS/c1-2-21-17-13-7-6-12-16(17)18(20)19-14-8-11-15-9-4-3-5-10-15/h3-7,9-10,12-13H,2,8,11,14H2,1H3,(H,19,20). The van der Waals surface area contributed by atoms with Gasteiger partial charge in [0.25, 0.3) is 5.91 Å². The molecule has 0 bridgehead atoms. The lowest BCUT2D eigenvalue weighted by Gasteiger charge is -2.09. The maximum Gasteiger partial charge on any atom is 0.252 e. The van der Waals surface area contributed by atoms with Crippen LogP contribution in [0.1, 0.15) is 29.3 Å². The van der Waals surface area contributed by atoms with E-state index in [0.717, 1.165) is 29.1 Å².